The van der Waals surface area contributed by atoms with Crippen LogP contribution in [0, 0.1) is 5.41 Å². The highest BCUT2D eigenvalue weighted by molar-refractivity contribution is 6.30. The molecule has 0 spiro atoms. The zero-order chi connectivity index (χ0) is 20.6. The van der Waals surface area contributed by atoms with Crippen LogP contribution in [0.25, 0.3) is 0 Å². The van der Waals surface area contributed by atoms with E-state index < -0.39 is 17.4 Å². The molecule has 28 heavy (non-hydrogen) atoms. The van der Waals surface area contributed by atoms with E-state index in [1.165, 1.54) is 0 Å². The molecule has 2 rings (SSSR count). The molecule has 1 N–H and O–H groups in total. The number of benzene rings is 1. The van der Waals surface area contributed by atoms with Gasteiger partial charge in [0.2, 0.25) is 0 Å². The van der Waals surface area contributed by atoms with Gasteiger partial charge < -0.3 is 19.7 Å². The summed E-state index contributed by atoms with van der Waals surface area (Å²) < 4.78 is 10.2. The summed E-state index contributed by atoms with van der Waals surface area (Å²) in [7, 11) is 0. The van der Waals surface area contributed by atoms with Crippen LogP contribution in [0.2, 0.25) is 5.02 Å². The molecule has 0 bridgehead atoms. The standard InChI is InChI=1S/C20H27ClN2O5/c1-3-27-17(24)13-22-19(26)23-10-6-9-20(14-23,18(25)28-4-2)12-15-7-5-8-16(21)11-15/h5,7-8,11H,3-4,6,9-10,12-14H2,1-2H3,(H,22,26). The first-order valence-corrected chi connectivity index (χ1v) is 9.88. The van der Waals surface area contributed by atoms with E-state index in [2.05, 4.69) is 5.32 Å². The molecule has 1 saturated heterocycles. The van der Waals surface area contributed by atoms with Crippen LogP contribution in [0.15, 0.2) is 24.3 Å². The number of esters is 2. The smallest absolute Gasteiger partial charge is 0.325 e. The number of ether oxygens (including phenoxy) is 2. The van der Waals surface area contributed by atoms with E-state index in [0.717, 1.165) is 5.56 Å². The molecule has 1 unspecified atom stereocenters. The number of nitrogens with zero attached hydrogens (tertiary/aromatic N) is 1. The summed E-state index contributed by atoms with van der Waals surface area (Å²) in [5.41, 5.74) is 0.0644. The van der Waals surface area contributed by atoms with Crippen molar-refractivity contribution >= 4 is 29.6 Å². The number of hydrogen-bond donors (Lipinski definition) is 1. The summed E-state index contributed by atoms with van der Waals surface area (Å²) in [4.78, 5) is 38.4. The first kappa shape index (κ1) is 22.0. The van der Waals surface area contributed by atoms with Gasteiger partial charge in [-0.25, -0.2) is 4.79 Å². The highest BCUT2D eigenvalue weighted by Gasteiger charge is 2.44. The largest absolute Gasteiger partial charge is 0.466 e. The highest BCUT2D eigenvalue weighted by atomic mass is 35.5. The second kappa shape index (κ2) is 10.3. The van der Waals surface area contributed by atoms with Crippen LogP contribution in [-0.2, 0) is 25.5 Å². The van der Waals surface area contributed by atoms with Crippen LogP contribution in [0.4, 0.5) is 4.79 Å². The van der Waals surface area contributed by atoms with Crippen molar-refractivity contribution in [2.75, 3.05) is 32.8 Å². The minimum absolute atomic E-state index is 0.204. The molecule has 1 aromatic rings. The topological polar surface area (TPSA) is 84.9 Å². The van der Waals surface area contributed by atoms with Crippen LogP contribution in [-0.4, -0.2) is 55.7 Å². The molecule has 0 aliphatic carbocycles. The Bertz CT molecular complexity index is 712. The zero-order valence-electron chi connectivity index (χ0n) is 16.3. The second-order valence-corrected chi connectivity index (χ2v) is 7.23. The van der Waals surface area contributed by atoms with Crippen molar-refractivity contribution in [3.8, 4) is 0 Å². The first-order valence-electron chi connectivity index (χ1n) is 9.50. The maximum Gasteiger partial charge on any atom is 0.325 e. The number of piperidine rings is 1. The molecule has 1 aromatic carbocycles. The Hall–Kier alpha value is -2.28. The number of urea groups is 1. The van der Waals surface area contributed by atoms with Crippen molar-refractivity contribution in [1.29, 1.82) is 0 Å². The number of halogens is 1. The molecule has 1 atom stereocenters. The van der Waals surface area contributed by atoms with Crippen LogP contribution in [0.1, 0.15) is 32.3 Å². The minimum Gasteiger partial charge on any atom is -0.466 e. The van der Waals surface area contributed by atoms with Crippen molar-refractivity contribution in [2.24, 2.45) is 5.41 Å². The maximum atomic E-state index is 12.8. The molecule has 8 heteroatoms. The van der Waals surface area contributed by atoms with E-state index in [9.17, 15) is 14.4 Å². The van der Waals surface area contributed by atoms with Crippen LogP contribution < -0.4 is 5.32 Å². The van der Waals surface area contributed by atoms with Crippen LogP contribution in [0.5, 0.6) is 0 Å². The molecule has 154 valence electrons. The Morgan fingerprint density at radius 3 is 2.64 bits per heavy atom. The van der Waals surface area contributed by atoms with E-state index in [1.807, 2.05) is 18.2 Å². The van der Waals surface area contributed by atoms with Crippen molar-refractivity contribution in [2.45, 2.75) is 33.1 Å². The predicted molar refractivity (Wildman–Crippen MR) is 105 cm³/mol. The lowest BCUT2D eigenvalue weighted by Gasteiger charge is -2.41. The third kappa shape index (κ3) is 5.86. The molecular formula is C20H27ClN2O5. The summed E-state index contributed by atoms with van der Waals surface area (Å²) >= 11 is 6.09. The predicted octanol–water partition coefficient (Wildman–Crippen LogP) is 2.80. The number of nitrogens with one attached hydrogen (secondary N) is 1. The summed E-state index contributed by atoms with van der Waals surface area (Å²) in [6.45, 7) is 4.50. The minimum atomic E-state index is -0.847. The van der Waals surface area contributed by atoms with Crippen molar-refractivity contribution in [3.05, 3.63) is 34.9 Å². The third-order valence-electron chi connectivity index (χ3n) is 4.69. The Balaban J connectivity index is 2.14. The van der Waals surface area contributed by atoms with Gasteiger partial charge in [-0.15, -0.1) is 0 Å². The van der Waals surface area contributed by atoms with Gasteiger partial charge >= 0.3 is 18.0 Å². The summed E-state index contributed by atoms with van der Waals surface area (Å²) in [5, 5.41) is 3.15. The number of rotatable bonds is 7. The quantitative estimate of drug-likeness (QED) is 0.698. The molecule has 1 aliphatic heterocycles. The van der Waals surface area contributed by atoms with Gasteiger partial charge in [-0.05, 0) is 50.8 Å². The Morgan fingerprint density at radius 2 is 1.96 bits per heavy atom. The number of carbonyl (C=O) groups excluding carboxylic acids is 3. The van der Waals surface area contributed by atoms with Gasteiger partial charge in [0.15, 0.2) is 0 Å². The molecule has 0 aromatic heterocycles. The van der Waals surface area contributed by atoms with E-state index in [4.69, 9.17) is 21.1 Å². The van der Waals surface area contributed by atoms with Gasteiger partial charge in [-0.3, -0.25) is 9.59 Å². The van der Waals surface area contributed by atoms with E-state index in [1.54, 1.807) is 24.8 Å². The lowest BCUT2D eigenvalue weighted by atomic mass is 9.75. The van der Waals surface area contributed by atoms with Crippen molar-refractivity contribution in [3.63, 3.8) is 0 Å². The molecule has 7 nitrogen and oxygen atoms in total. The second-order valence-electron chi connectivity index (χ2n) is 6.80. The fraction of sp³-hybridized carbons (Fsp3) is 0.550. The van der Waals surface area contributed by atoms with Gasteiger partial charge in [-0.2, -0.15) is 0 Å². The lowest BCUT2D eigenvalue weighted by molar-refractivity contribution is -0.158. The molecule has 0 saturated carbocycles. The van der Waals surface area contributed by atoms with Gasteiger partial charge in [0.25, 0.3) is 0 Å². The van der Waals surface area contributed by atoms with Gasteiger partial charge in [0.05, 0.1) is 18.6 Å². The summed E-state index contributed by atoms with van der Waals surface area (Å²) in [5.74, 6) is -0.818. The fourth-order valence-electron chi connectivity index (χ4n) is 3.48. The third-order valence-corrected chi connectivity index (χ3v) is 4.93. The van der Waals surface area contributed by atoms with Crippen LogP contribution in [0.3, 0.4) is 0 Å². The molecule has 0 radical (unpaired) electrons. The molecular weight excluding hydrogens is 384 g/mol. The number of carbonyl (C=O) groups is 3. The van der Waals surface area contributed by atoms with E-state index >= 15 is 0 Å². The monoisotopic (exact) mass is 410 g/mol. The van der Waals surface area contributed by atoms with Crippen molar-refractivity contribution < 1.29 is 23.9 Å². The molecule has 1 aliphatic rings. The first-order chi connectivity index (χ1) is 13.4. The van der Waals surface area contributed by atoms with Crippen LogP contribution >= 0.6 is 11.6 Å². The zero-order valence-corrected chi connectivity index (χ0v) is 17.1. The Kier molecular flexibility index (Phi) is 8.11. The fourth-order valence-corrected chi connectivity index (χ4v) is 3.69. The molecule has 1 fully saturated rings. The number of likely N-dealkylation sites (tertiary alicyclic amines) is 1. The van der Waals surface area contributed by atoms with Gasteiger partial charge in [0, 0.05) is 18.1 Å². The van der Waals surface area contributed by atoms with Gasteiger partial charge in [0.1, 0.15) is 6.54 Å². The van der Waals surface area contributed by atoms with E-state index in [-0.39, 0.29) is 32.3 Å². The maximum absolute atomic E-state index is 12.8. The summed E-state index contributed by atoms with van der Waals surface area (Å²) in [6, 6.07) is 6.95. The SMILES string of the molecule is CCOC(=O)CNC(=O)N1CCCC(Cc2cccc(Cl)c2)(C(=O)OCC)C1. The average Bonchev–Trinajstić information content (AvgIpc) is 2.66. The summed E-state index contributed by atoms with van der Waals surface area (Å²) in [6.07, 6.45) is 1.69. The van der Waals surface area contributed by atoms with E-state index in [0.29, 0.717) is 30.8 Å². The van der Waals surface area contributed by atoms with Gasteiger partial charge in [-0.1, -0.05) is 23.7 Å². The Labute approximate surface area is 170 Å². The van der Waals surface area contributed by atoms with Crippen molar-refractivity contribution in [1.82, 2.24) is 10.2 Å². The normalized spacial score (nSPS) is 19.0. The average molecular weight is 411 g/mol. The number of amides is 2. The Morgan fingerprint density at radius 1 is 1.21 bits per heavy atom. The lowest BCUT2D eigenvalue weighted by Crippen LogP contribution is -2.54. The molecule has 1 heterocycles. The highest BCUT2D eigenvalue weighted by Crippen LogP contribution is 2.36. The molecule has 2 amide bonds. The number of hydrogen-bond acceptors (Lipinski definition) is 5.